The summed E-state index contributed by atoms with van der Waals surface area (Å²) in [6.07, 6.45) is 0.387. The highest BCUT2D eigenvalue weighted by Gasteiger charge is 2.22. The van der Waals surface area contributed by atoms with Crippen molar-refractivity contribution in [1.29, 1.82) is 5.26 Å². The third-order valence-corrected chi connectivity index (χ3v) is 4.81. The summed E-state index contributed by atoms with van der Waals surface area (Å²) >= 11 is 4.94. The van der Waals surface area contributed by atoms with Gasteiger partial charge in [0.15, 0.2) is 0 Å². The zero-order chi connectivity index (χ0) is 15.4. The number of nitrogens with zero attached hydrogens (tertiary/aromatic N) is 1. The van der Waals surface area contributed by atoms with Crippen LogP contribution in [0.4, 0.5) is 4.39 Å². The average molecular weight is 369 g/mol. The van der Waals surface area contributed by atoms with Gasteiger partial charge in [0.1, 0.15) is 23.7 Å². The monoisotopic (exact) mass is 368 g/mol. The van der Waals surface area contributed by atoms with E-state index in [9.17, 15) is 4.39 Å². The van der Waals surface area contributed by atoms with Crippen LogP contribution in [-0.2, 0) is 0 Å². The lowest BCUT2D eigenvalue weighted by molar-refractivity contribution is 0.174. The smallest absolute Gasteiger partial charge is 0.148 e. The second kappa shape index (κ2) is 7.03. The minimum absolute atomic E-state index is 0.00226. The Bertz CT molecular complexity index is 668. The molecule has 0 aliphatic carbocycles. The number of thiophene rings is 1. The van der Waals surface area contributed by atoms with E-state index in [0.717, 1.165) is 15.8 Å². The zero-order valence-electron chi connectivity index (χ0n) is 11.3. The standard InChI is InChI=1S/C15H14BrFN2OS/c1-2-13(19)15(14-5-10(16)8-21-14)20-11-4-3-9(7-18)12(17)6-11/h3-6,8,13,15H,2,19H2,1H3. The highest BCUT2D eigenvalue weighted by atomic mass is 79.9. The molecule has 110 valence electrons. The van der Waals surface area contributed by atoms with Crippen molar-refractivity contribution in [3.63, 3.8) is 0 Å². The van der Waals surface area contributed by atoms with Gasteiger partial charge in [0.05, 0.1) is 5.56 Å². The van der Waals surface area contributed by atoms with E-state index in [1.807, 2.05) is 18.4 Å². The van der Waals surface area contributed by atoms with Gasteiger partial charge in [-0.1, -0.05) is 6.92 Å². The normalized spacial score (nSPS) is 13.5. The Morgan fingerprint density at radius 1 is 1.48 bits per heavy atom. The molecule has 1 aromatic heterocycles. The van der Waals surface area contributed by atoms with Crippen LogP contribution >= 0.6 is 27.3 Å². The SMILES string of the molecule is CCC(N)C(Oc1ccc(C#N)c(F)c1)c1cc(Br)cs1. The van der Waals surface area contributed by atoms with Gasteiger partial charge in [-0.2, -0.15) is 5.26 Å². The van der Waals surface area contributed by atoms with Gasteiger partial charge < -0.3 is 10.5 Å². The van der Waals surface area contributed by atoms with Crippen LogP contribution in [0.2, 0.25) is 0 Å². The fourth-order valence-corrected chi connectivity index (χ4v) is 3.40. The van der Waals surface area contributed by atoms with Crippen molar-refractivity contribution in [3.8, 4) is 11.8 Å². The number of benzene rings is 1. The Kier molecular flexibility index (Phi) is 5.34. The Hall–Kier alpha value is -1.42. The molecule has 6 heteroatoms. The number of rotatable bonds is 5. The van der Waals surface area contributed by atoms with Crippen LogP contribution < -0.4 is 10.5 Å². The quantitative estimate of drug-likeness (QED) is 0.851. The molecule has 2 unspecified atom stereocenters. The molecular weight excluding hydrogens is 355 g/mol. The maximum absolute atomic E-state index is 13.7. The van der Waals surface area contributed by atoms with Gasteiger partial charge in [-0.3, -0.25) is 0 Å². The second-order valence-corrected chi connectivity index (χ2v) is 6.39. The van der Waals surface area contributed by atoms with Gasteiger partial charge in [-0.15, -0.1) is 11.3 Å². The predicted octanol–water partition coefficient (Wildman–Crippen LogP) is 4.38. The largest absolute Gasteiger partial charge is 0.483 e. The Morgan fingerprint density at radius 3 is 2.76 bits per heavy atom. The topological polar surface area (TPSA) is 59.0 Å². The van der Waals surface area contributed by atoms with Crippen molar-refractivity contribution in [3.05, 3.63) is 50.4 Å². The molecule has 3 nitrogen and oxygen atoms in total. The molecule has 2 atom stereocenters. The number of ether oxygens (including phenoxy) is 1. The van der Waals surface area contributed by atoms with Gasteiger partial charge in [-0.25, -0.2) is 4.39 Å². The lowest BCUT2D eigenvalue weighted by Crippen LogP contribution is -2.30. The summed E-state index contributed by atoms with van der Waals surface area (Å²) in [6, 6.07) is 7.74. The summed E-state index contributed by atoms with van der Waals surface area (Å²) in [7, 11) is 0. The second-order valence-electron chi connectivity index (χ2n) is 4.53. The highest BCUT2D eigenvalue weighted by molar-refractivity contribution is 9.10. The van der Waals surface area contributed by atoms with Crippen molar-refractivity contribution < 1.29 is 9.13 Å². The van der Waals surface area contributed by atoms with Crippen molar-refractivity contribution in [2.45, 2.75) is 25.5 Å². The van der Waals surface area contributed by atoms with E-state index < -0.39 is 5.82 Å². The van der Waals surface area contributed by atoms with E-state index in [1.165, 1.54) is 23.5 Å². The molecule has 0 saturated heterocycles. The van der Waals surface area contributed by atoms with Crippen molar-refractivity contribution in [1.82, 2.24) is 0 Å². The number of hydrogen-bond donors (Lipinski definition) is 1. The predicted molar refractivity (Wildman–Crippen MR) is 84.8 cm³/mol. The van der Waals surface area contributed by atoms with Crippen molar-refractivity contribution in [2.24, 2.45) is 5.73 Å². The summed E-state index contributed by atoms with van der Waals surface area (Å²) in [6.45, 7) is 1.98. The number of nitrogens with two attached hydrogens (primary N) is 1. The molecule has 0 bridgehead atoms. The van der Waals surface area contributed by atoms with Gasteiger partial charge >= 0.3 is 0 Å². The van der Waals surface area contributed by atoms with E-state index in [1.54, 1.807) is 12.1 Å². The lowest BCUT2D eigenvalue weighted by Gasteiger charge is -2.23. The van der Waals surface area contributed by atoms with Gasteiger partial charge in [0, 0.05) is 26.8 Å². The van der Waals surface area contributed by atoms with Crippen LogP contribution in [0.1, 0.15) is 29.9 Å². The summed E-state index contributed by atoms with van der Waals surface area (Å²) < 4.78 is 20.5. The maximum atomic E-state index is 13.7. The third kappa shape index (κ3) is 3.82. The molecule has 0 fully saturated rings. The molecule has 2 N–H and O–H groups in total. The first-order valence-corrected chi connectivity index (χ1v) is 8.08. The van der Waals surface area contributed by atoms with Crippen LogP contribution in [0.5, 0.6) is 5.75 Å². The fourth-order valence-electron chi connectivity index (χ4n) is 1.85. The van der Waals surface area contributed by atoms with Crippen molar-refractivity contribution >= 4 is 27.3 Å². The molecule has 1 aromatic carbocycles. The molecule has 0 aliphatic heterocycles. The lowest BCUT2D eigenvalue weighted by atomic mass is 10.1. The van der Waals surface area contributed by atoms with Crippen molar-refractivity contribution in [2.75, 3.05) is 0 Å². The van der Waals surface area contributed by atoms with Crippen LogP contribution in [-0.4, -0.2) is 6.04 Å². The molecule has 0 aliphatic rings. The molecule has 21 heavy (non-hydrogen) atoms. The van der Waals surface area contributed by atoms with Crippen LogP contribution in [0.3, 0.4) is 0 Å². The summed E-state index contributed by atoms with van der Waals surface area (Å²) in [5.41, 5.74) is 6.12. The molecule has 0 amide bonds. The first kappa shape index (κ1) is 16.0. The Balaban J connectivity index is 2.27. The van der Waals surface area contributed by atoms with Gasteiger partial charge in [0.2, 0.25) is 0 Å². The Morgan fingerprint density at radius 2 is 2.24 bits per heavy atom. The molecule has 1 heterocycles. The van der Waals surface area contributed by atoms with E-state index in [-0.39, 0.29) is 17.7 Å². The molecular formula is C15H14BrFN2OS. The minimum Gasteiger partial charge on any atom is -0.483 e. The molecule has 0 spiro atoms. The molecule has 2 aromatic rings. The molecule has 2 rings (SSSR count). The van der Waals surface area contributed by atoms with Crippen LogP contribution in [0.25, 0.3) is 0 Å². The molecule has 0 saturated carbocycles. The Labute approximate surface area is 135 Å². The summed E-state index contributed by atoms with van der Waals surface area (Å²) in [4.78, 5) is 0.973. The van der Waals surface area contributed by atoms with E-state index in [4.69, 9.17) is 15.7 Å². The minimum atomic E-state index is -0.591. The maximum Gasteiger partial charge on any atom is 0.148 e. The first-order chi connectivity index (χ1) is 10.0. The highest BCUT2D eigenvalue weighted by Crippen LogP contribution is 2.32. The van der Waals surface area contributed by atoms with Gasteiger partial charge in [-0.05, 0) is 40.5 Å². The van der Waals surface area contributed by atoms with Crippen LogP contribution in [0.15, 0.2) is 34.1 Å². The van der Waals surface area contributed by atoms with Crippen LogP contribution in [0, 0.1) is 17.1 Å². The first-order valence-electron chi connectivity index (χ1n) is 6.41. The van der Waals surface area contributed by atoms with E-state index >= 15 is 0 Å². The third-order valence-electron chi connectivity index (χ3n) is 3.05. The number of halogens is 2. The summed E-state index contributed by atoms with van der Waals surface area (Å²) in [5.74, 6) is -0.226. The van der Waals surface area contributed by atoms with E-state index in [2.05, 4.69) is 15.9 Å². The van der Waals surface area contributed by atoms with E-state index in [0.29, 0.717) is 5.75 Å². The average Bonchev–Trinajstić information content (AvgIpc) is 2.90. The number of nitriles is 1. The van der Waals surface area contributed by atoms with Gasteiger partial charge in [0.25, 0.3) is 0 Å². The molecule has 0 radical (unpaired) electrons. The number of hydrogen-bond acceptors (Lipinski definition) is 4. The fraction of sp³-hybridized carbons (Fsp3) is 0.267. The zero-order valence-corrected chi connectivity index (χ0v) is 13.7. The summed E-state index contributed by atoms with van der Waals surface area (Å²) in [5, 5.41) is 10.7.